The lowest BCUT2D eigenvalue weighted by molar-refractivity contribution is -0.137. The predicted molar refractivity (Wildman–Crippen MR) is 105 cm³/mol. The van der Waals surface area contributed by atoms with Crippen molar-refractivity contribution in [1.82, 2.24) is 4.90 Å². The number of piperidine rings is 1. The Kier molecular flexibility index (Phi) is 5.38. The molecule has 2 amide bonds. The molecule has 29 heavy (non-hydrogen) atoms. The summed E-state index contributed by atoms with van der Waals surface area (Å²) in [5.41, 5.74) is -0.419. The van der Waals surface area contributed by atoms with Gasteiger partial charge in [-0.3, -0.25) is 4.21 Å². The van der Waals surface area contributed by atoms with E-state index in [4.69, 9.17) is 0 Å². The van der Waals surface area contributed by atoms with Gasteiger partial charge in [0.2, 0.25) is 0 Å². The highest BCUT2D eigenvalue weighted by atomic mass is 32.2. The molecule has 2 aliphatic heterocycles. The molecule has 0 aliphatic carbocycles. The Morgan fingerprint density at radius 3 is 2.10 bits per heavy atom. The topological polar surface area (TPSA) is 49.4 Å². The average Bonchev–Trinajstić information content (AvgIpc) is 2.97. The fourth-order valence-electron chi connectivity index (χ4n) is 4.31. The van der Waals surface area contributed by atoms with Crippen molar-refractivity contribution in [2.24, 2.45) is 0 Å². The van der Waals surface area contributed by atoms with E-state index in [1.54, 1.807) is 4.90 Å². The highest BCUT2D eigenvalue weighted by molar-refractivity contribution is 7.85. The van der Waals surface area contributed by atoms with E-state index in [1.807, 2.05) is 30.3 Å². The monoisotopic (exact) mass is 422 g/mol. The van der Waals surface area contributed by atoms with Crippen molar-refractivity contribution < 1.29 is 22.2 Å². The number of nitrogens with zero attached hydrogens (tertiary/aromatic N) is 1. The van der Waals surface area contributed by atoms with E-state index in [0.717, 1.165) is 29.9 Å². The van der Waals surface area contributed by atoms with E-state index >= 15 is 0 Å². The highest BCUT2D eigenvalue weighted by Gasteiger charge is 2.45. The molecule has 2 aromatic rings. The van der Waals surface area contributed by atoms with Crippen LogP contribution in [0.1, 0.15) is 31.2 Å². The number of halogens is 3. The zero-order valence-electron chi connectivity index (χ0n) is 15.6. The summed E-state index contributed by atoms with van der Waals surface area (Å²) in [6.07, 6.45) is -1.37. The number of carbonyl (C=O) groups is 1. The van der Waals surface area contributed by atoms with Crippen molar-refractivity contribution in [2.45, 2.75) is 54.1 Å². The Labute approximate surface area is 169 Å². The van der Waals surface area contributed by atoms with Crippen molar-refractivity contribution in [1.29, 1.82) is 0 Å². The maximum Gasteiger partial charge on any atom is 0.416 e. The smallest absolute Gasteiger partial charge is 0.318 e. The van der Waals surface area contributed by atoms with Crippen LogP contribution in [-0.2, 0) is 17.0 Å². The first kappa shape index (κ1) is 19.9. The van der Waals surface area contributed by atoms with Crippen molar-refractivity contribution >= 4 is 22.5 Å². The average molecular weight is 422 g/mol. The van der Waals surface area contributed by atoms with Gasteiger partial charge in [0.1, 0.15) is 0 Å². The van der Waals surface area contributed by atoms with Crippen LogP contribution in [0.5, 0.6) is 0 Å². The molecule has 0 radical (unpaired) electrons. The van der Waals surface area contributed by atoms with Crippen LogP contribution in [0.3, 0.4) is 0 Å². The van der Waals surface area contributed by atoms with E-state index in [2.05, 4.69) is 5.32 Å². The number of hydrogen-bond donors (Lipinski definition) is 1. The third-order valence-electron chi connectivity index (χ3n) is 5.67. The molecule has 3 atom stereocenters. The van der Waals surface area contributed by atoms with Gasteiger partial charge in [-0.2, -0.15) is 13.2 Å². The van der Waals surface area contributed by atoms with Gasteiger partial charge in [0, 0.05) is 27.9 Å². The predicted octanol–water partition coefficient (Wildman–Crippen LogP) is 5.04. The van der Waals surface area contributed by atoms with Crippen molar-refractivity contribution in [3.05, 3.63) is 60.2 Å². The lowest BCUT2D eigenvalue weighted by Gasteiger charge is -2.38. The minimum absolute atomic E-state index is 0.000797. The molecule has 4 rings (SSSR count). The number of rotatable bonds is 3. The summed E-state index contributed by atoms with van der Waals surface area (Å²) in [5, 5.41) is 2.72. The molecule has 2 bridgehead atoms. The van der Waals surface area contributed by atoms with Crippen LogP contribution in [0.2, 0.25) is 0 Å². The van der Waals surface area contributed by atoms with Crippen LogP contribution in [0.15, 0.2) is 59.5 Å². The summed E-state index contributed by atoms with van der Waals surface area (Å²) in [4.78, 5) is 15.4. The number of benzene rings is 2. The lowest BCUT2D eigenvalue weighted by atomic mass is 10.0. The third-order valence-corrected chi connectivity index (χ3v) is 7.39. The number of alkyl halides is 3. The summed E-state index contributed by atoms with van der Waals surface area (Å²) in [7, 11) is -1.11. The second-order valence-corrected chi connectivity index (χ2v) is 9.23. The molecular formula is C21H21F3N2O2S. The summed E-state index contributed by atoms with van der Waals surface area (Å²) < 4.78 is 51.0. The molecule has 0 saturated carbocycles. The van der Waals surface area contributed by atoms with E-state index in [-0.39, 0.29) is 23.4 Å². The molecule has 2 aliphatic rings. The maximum absolute atomic E-state index is 12.9. The van der Waals surface area contributed by atoms with E-state index in [1.165, 1.54) is 12.1 Å². The first-order valence-electron chi connectivity index (χ1n) is 9.55. The normalized spacial score (nSPS) is 24.9. The standard InChI is InChI=1S/C21H21F3N2O2S/c22-21(23,24)14-6-8-15(9-7-14)25-20(27)26-16-10-11-17(26)13-19(12-16)29(28)18-4-2-1-3-5-18/h1-9,16-17,19H,10-13H2,(H,25,27)/t16-,17-,29?/m1/s1. The zero-order valence-corrected chi connectivity index (χ0v) is 16.4. The molecule has 0 aromatic heterocycles. The molecule has 2 saturated heterocycles. The summed E-state index contributed by atoms with van der Waals surface area (Å²) >= 11 is 0. The summed E-state index contributed by atoms with van der Waals surface area (Å²) in [5.74, 6) is 0. The zero-order chi connectivity index (χ0) is 20.6. The van der Waals surface area contributed by atoms with Gasteiger partial charge in [0.25, 0.3) is 0 Å². The van der Waals surface area contributed by atoms with Crippen LogP contribution in [-0.4, -0.2) is 32.5 Å². The Balaban J connectivity index is 1.42. The van der Waals surface area contributed by atoms with Gasteiger partial charge in [-0.05, 0) is 62.1 Å². The van der Waals surface area contributed by atoms with E-state index in [9.17, 15) is 22.2 Å². The van der Waals surface area contributed by atoms with Gasteiger partial charge >= 0.3 is 12.2 Å². The molecule has 8 heteroatoms. The molecule has 2 aromatic carbocycles. The van der Waals surface area contributed by atoms with Gasteiger partial charge in [0.15, 0.2) is 0 Å². The number of fused-ring (bicyclic) bond motifs is 2. The van der Waals surface area contributed by atoms with Gasteiger partial charge in [-0.15, -0.1) is 0 Å². The molecule has 1 unspecified atom stereocenters. The minimum Gasteiger partial charge on any atom is -0.318 e. The number of anilines is 1. The fourth-order valence-corrected chi connectivity index (χ4v) is 5.92. The second-order valence-electron chi connectivity index (χ2n) is 7.50. The van der Waals surface area contributed by atoms with Gasteiger partial charge in [-0.25, -0.2) is 4.79 Å². The number of hydrogen-bond acceptors (Lipinski definition) is 2. The van der Waals surface area contributed by atoms with Crippen molar-refractivity contribution in [2.75, 3.05) is 5.32 Å². The van der Waals surface area contributed by atoms with Crippen LogP contribution in [0, 0.1) is 0 Å². The number of amides is 2. The minimum atomic E-state index is -4.40. The van der Waals surface area contributed by atoms with E-state index < -0.39 is 22.5 Å². The SMILES string of the molecule is O=C(Nc1ccc(C(F)(F)F)cc1)N1[C@@H]2CC[C@@H]1CC(S(=O)c1ccccc1)C2. The van der Waals surface area contributed by atoms with Crippen LogP contribution in [0.4, 0.5) is 23.7 Å². The Bertz CT molecular complexity index is 888. The summed E-state index contributed by atoms with van der Waals surface area (Å²) in [6.45, 7) is 0. The van der Waals surface area contributed by atoms with Crippen molar-refractivity contribution in [3.63, 3.8) is 0 Å². The first-order chi connectivity index (χ1) is 13.8. The van der Waals surface area contributed by atoms with Crippen LogP contribution in [0.25, 0.3) is 0 Å². The first-order valence-corrected chi connectivity index (χ1v) is 10.8. The molecular weight excluding hydrogens is 401 g/mol. The van der Waals surface area contributed by atoms with Crippen LogP contribution >= 0.6 is 0 Å². The second kappa shape index (κ2) is 7.82. The third kappa shape index (κ3) is 4.17. The van der Waals surface area contributed by atoms with Crippen molar-refractivity contribution in [3.8, 4) is 0 Å². The summed E-state index contributed by atoms with van der Waals surface area (Å²) in [6, 6.07) is 13.5. The Hall–Kier alpha value is -2.35. The van der Waals surface area contributed by atoms with E-state index in [0.29, 0.717) is 18.5 Å². The Morgan fingerprint density at radius 1 is 0.966 bits per heavy atom. The molecule has 2 fully saturated rings. The molecule has 4 nitrogen and oxygen atoms in total. The number of carbonyl (C=O) groups excluding carboxylic acids is 1. The highest BCUT2D eigenvalue weighted by Crippen LogP contribution is 2.39. The fraction of sp³-hybridized carbons (Fsp3) is 0.381. The molecule has 0 spiro atoms. The number of urea groups is 1. The molecule has 1 N–H and O–H groups in total. The Morgan fingerprint density at radius 2 is 1.55 bits per heavy atom. The molecule has 154 valence electrons. The quantitative estimate of drug-likeness (QED) is 0.753. The molecule has 2 heterocycles. The van der Waals surface area contributed by atoms with Gasteiger partial charge in [-0.1, -0.05) is 18.2 Å². The van der Waals surface area contributed by atoms with Crippen LogP contribution < -0.4 is 5.32 Å². The largest absolute Gasteiger partial charge is 0.416 e. The van der Waals surface area contributed by atoms with Gasteiger partial charge in [0.05, 0.1) is 16.4 Å². The number of nitrogens with one attached hydrogen (secondary N) is 1. The van der Waals surface area contributed by atoms with Gasteiger partial charge < -0.3 is 10.2 Å². The maximum atomic E-state index is 12.9. The lowest BCUT2D eigenvalue weighted by Crippen LogP contribution is -2.50.